The third kappa shape index (κ3) is 3.46. The van der Waals surface area contributed by atoms with E-state index in [1.54, 1.807) is 0 Å². The van der Waals surface area contributed by atoms with Crippen molar-refractivity contribution in [3.63, 3.8) is 0 Å². The Morgan fingerprint density at radius 3 is 2.44 bits per heavy atom. The molecule has 5 rings (SSSR count). The van der Waals surface area contributed by atoms with E-state index in [-0.39, 0.29) is 0 Å². The zero-order valence-corrected chi connectivity index (χ0v) is 15.8. The Morgan fingerprint density at radius 1 is 0.852 bits per heavy atom. The first-order valence-corrected chi connectivity index (χ1v) is 10.4. The maximum absolute atomic E-state index is 4.89. The monoisotopic (exact) mass is 360 g/mol. The molecule has 2 heterocycles. The fourth-order valence-corrected chi connectivity index (χ4v) is 4.89. The molecule has 1 aromatic heterocycles. The number of anilines is 1. The SMILES string of the molecule is c1ccc(N2CCN(C3CCCC(c4nc5ccccc5[nH]4)C3)CC2)cc1. The maximum atomic E-state index is 4.89. The van der Waals surface area contributed by atoms with Crippen molar-refractivity contribution in [2.75, 3.05) is 31.1 Å². The Bertz CT molecular complexity index is 847. The van der Waals surface area contributed by atoms with E-state index in [9.17, 15) is 0 Å². The van der Waals surface area contributed by atoms with Gasteiger partial charge in [-0.25, -0.2) is 4.98 Å². The molecule has 0 radical (unpaired) electrons. The van der Waals surface area contributed by atoms with Crippen molar-refractivity contribution in [2.24, 2.45) is 0 Å². The molecule has 2 atom stereocenters. The largest absolute Gasteiger partial charge is 0.369 e. The zero-order chi connectivity index (χ0) is 18.1. The van der Waals surface area contributed by atoms with E-state index >= 15 is 0 Å². The van der Waals surface area contributed by atoms with Crippen LogP contribution in [0, 0.1) is 0 Å². The molecule has 4 nitrogen and oxygen atoms in total. The van der Waals surface area contributed by atoms with E-state index in [1.165, 1.54) is 55.8 Å². The number of nitrogens with zero attached hydrogens (tertiary/aromatic N) is 3. The van der Waals surface area contributed by atoms with Crippen LogP contribution < -0.4 is 4.90 Å². The molecule has 140 valence electrons. The second-order valence-electron chi connectivity index (χ2n) is 8.02. The van der Waals surface area contributed by atoms with Crippen molar-refractivity contribution >= 4 is 16.7 Å². The minimum atomic E-state index is 0.573. The predicted octanol–water partition coefficient (Wildman–Crippen LogP) is 4.41. The molecule has 3 aromatic rings. The number of aromatic amines is 1. The smallest absolute Gasteiger partial charge is 0.110 e. The molecule has 4 heteroatoms. The average molecular weight is 361 g/mol. The summed E-state index contributed by atoms with van der Waals surface area (Å²) < 4.78 is 0. The van der Waals surface area contributed by atoms with Gasteiger partial charge in [-0.2, -0.15) is 0 Å². The molecule has 27 heavy (non-hydrogen) atoms. The van der Waals surface area contributed by atoms with Crippen LogP contribution in [0.25, 0.3) is 11.0 Å². The number of rotatable bonds is 3. The summed E-state index contributed by atoms with van der Waals surface area (Å²) in [6, 6.07) is 19.9. The lowest BCUT2D eigenvalue weighted by atomic mass is 9.84. The highest BCUT2D eigenvalue weighted by Crippen LogP contribution is 2.35. The Hall–Kier alpha value is -2.33. The fraction of sp³-hybridized carbons (Fsp3) is 0.435. The Morgan fingerprint density at radius 2 is 1.63 bits per heavy atom. The molecule has 1 saturated carbocycles. The molecular weight excluding hydrogens is 332 g/mol. The highest BCUT2D eigenvalue weighted by atomic mass is 15.3. The molecule has 2 aromatic carbocycles. The van der Waals surface area contributed by atoms with E-state index in [2.05, 4.69) is 69.4 Å². The molecule has 2 fully saturated rings. The molecule has 0 bridgehead atoms. The first-order chi connectivity index (χ1) is 13.4. The Kier molecular flexibility index (Phi) is 4.58. The van der Waals surface area contributed by atoms with E-state index in [0.717, 1.165) is 18.6 Å². The molecule has 1 aliphatic heterocycles. The van der Waals surface area contributed by atoms with Gasteiger partial charge in [-0.1, -0.05) is 36.8 Å². The van der Waals surface area contributed by atoms with Crippen LogP contribution in [0.3, 0.4) is 0 Å². The second kappa shape index (κ2) is 7.35. The Labute approximate surface area is 161 Å². The van der Waals surface area contributed by atoms with Gasteiger partial charge in [0.2, 0.25) is 0 Å². The number of para-hydroxylation sites is 3. The van der Waals surface area contributed by atoms with Gasteiger partial charge in [0, 0.05) is 43.8 Å². The van der Waals surface area contributed by atoms with Gasteiger partial charge in [-0.05, 0) is 43.5 Å². The van der Waals surface area contributed by atoms with Crippen LogP contribution in [0.2, 0.25) is 0 Å². The molecule has 1 saturated heterocycles. The van der Waals surface area contributed by atoms with Crippen LogP contribution in [0.4, 0.5) is 5.69 Å². The van der Waals surface area contributed by atoms with Crippen LogP contribution in [0.15, 0.2) is 54.6 Å². The molecule has 2 unspecified atom stereocenters. The van der Waals surface area contributed by atoms with Crippen molar-refractivity contribution in [1.82, 2.24) is 14.9 Å². The summed E-state index contributed by atoms with van der Waals surface area (Å²) >= 11 is 0. The number of fused-ring (bicyclic) bond motifs is 1. The van der Waals surface area contributed by atoms with Crippen LogP contribution in [-0.4, -0.2) is 47.1 Å². The van der Waals surface area contributed by atoms with Gasteiger partial charge in [0.1, 0.15) is 5.82 Å². The number of H-pyrrole nitrogens is 1. The van der Waals surface area contributed by atoms with E-state index < -0.39 is 0 Å². The van der Waals surface area contributed by atoms with Crippen molar-refractivity contribution in [3.8, 4) is 0 Å². The third-order valence-electron chi connectivity index (χ3n) is 6.39. The minimum absolute atomic E-state index is 0.573. The maximum Gasteiger partial charge on any atom is 0.110 e. The number of piperazine rings is 1. The standard InChI is InChI=1S/C23H28N4/c1-2-8-19(9-3-1)26-13-15-27(16-14-26)20-10-6-7-18(17-20)23-24-21-11-4-5-12-22(21)25-23/h1-5,8-9,11-12,18,20H,6-7,10,13-17H2,(H,24,25). The molecular formula is C23H28N4. The number of hydrogen-bond donors (Lipinski definition) is 1. The third-order valence-corrected chi connectivity index (χ3v) is 6.39. The van der Waals surface area contributed by atoms with Crippen LogP contribution in [0.5, 0.6) is 0 Å². The van der Waals surface area contributed by atoms with Gasteiger partial charge >= 0.3 is 0 Å². The number of nitrogens with one attached hydrogen (secondary N) is 1. The van der Waals surface area contributed by atoms with Crippen LogP contribution in [-0.2, 0) is 0 Å². The van der Waals surface area contributed by atoms with Crippen LogP contribution in [0.1, 0.15) is 37.4 Å². The summed E-state index contributed by atoms with van der Waals surface area (Å²) in [4.78, 5) is 13.7. The van der Waals surface area contributed by atoms with Crippen molar-refractivity contribution in [1.29, 1.82) is 0 Å². The molecule has 0 amide bonds. The molecule has 1 N–H and O–H groups in total. The second-order valence-corrected chi connectivity index (χ2v) is 8.02. The Balaban J connectivity index is 1.24. The van der Waals surface area contributed by atoms with Crippen LogP contribution >= 0.6 is 0 Å². The summed E-state index contributed by atoms with van der Waals surface area (Å²) in [5, 5.41) is 0. The van der Waals surface area contributed by atoms with Gasteiger partial charge in [0.05, 0.1) is 11.0 Å². The number of aromatic nitrogens is 2. The van der Waals surface area contributed by atoms with Gasteiger partial charge in [-0.15, -0.1) is 0 Å². The summed E-state index contributed by atoms with van der Waals surface area (Å²) in [5.74, 6) is 1.77. The fourth-order valence-electron chi connectivity index (χ4n) is 4.89. The number of imidazole rings is 1. The molecule has 2 aliphatic rings. The normalized spacial score (nSPS) is 24.4. The van der Waals surface area contributed by atoms with E-state index in [4.69, 9.17) is 4.98 Å². The highest BCUT2D eigenvalue weighted by Gasteiger charge is 2.31. The van der Waals surface area contributed by atoms with E-state index in [1.807, 2.05) is 0 Å². The van der Waals surface area contributed by atoms with Gasteiger partial charge < -0.3 is 9.88 Å². The van der Waals surface area contributed by atoms with Gasteiger partial charge in [0.25, 0.3) is 0 Å². The number of hydrogen-bond acceptors (Lipinski definition) is 3. The van der Waals surface area contributed by atoms with E-state index in [0.29, 0.717) is 12.0 Å². The summed E-state index contributed by atoms with van der Waals surface area (Å²) in [5.41, 5.74) is 3.64. The van der Waals surface area contributed by atoms with Gasteiger partial charge in [0.15, 0.2) is 0 Å². The number of benzene rings is 2. The lowest BCUT2D eigenvalue weighted by Gasteiger charge is -2.42. The summed E-state index contributed by atoms with van der Waals surface area (Å²) in [6.45, 7) is 4.62. The molecule has 1 aliphatic carbocycles. The quantitative estimate of drug-likeness (QED) is 0.751. The van der Waals surface area contributed by atoms with Crippen molar-refractivity contribution in [3.05, 3.63) is 60.4 Å². The minimum Gasteiger partial charge on any atom is -0.369 e. The van der Waals surface area contributed by atoms with Gasteiger partial charge in [-0.3, -0.25) is 4.90 Å². The van der Waals surface area contributed by atoms with Crippen molar-refractivity contribution < 1.29 is 0 Å². The predicted molar refractivity (Wildman–Crippen MR) is 111 cm³/mol. The first-order valence-electron chi connectivity index (χ1n) is 10.4. The zero-order valence-electron chi connectivity index (χ0n) is 15.8. The molecule has 0 spiro atoms. The summed E-state index contributed by atoms with van der Waals surface area (Å²) in [6.07, 6.45) is 5.15. The summed E-state index contributed by atoms with van der Waals surface area (Å²) in [7, 11) is 0. The average Bonchev–Trinajstić information content (AvgIpc) is 3.19. The topological polar surface area (TPSA) is 35.2 Å². The highest BCUT2D eigenvalue weighted by molar-refractivity contribution is 5.74. The lowest BCUT2D eigenvalue weighted by molar-refractivity contribution is 0.137. The lowest BCUT2D eigenvalue weighted by Crippen LogP contribution is -2.51. The van der Waals surface area contributed by atoms with Crippen molar-refractivity contribution in [2.45, 2.75) is 37.6 Å². The first kappa shape index (κ1) is 16.8.